The third kappa shape index (κ3) is 3.43. The molecule has 0 aliphatic heterocycles. The highest BCUT2D eigenvalue weighted by Gasteiger charge is 2.28. The fraction of sp³-hybridized carbons (Fsp3) is 0.0556. The molecule has 6 nitrogen and oxygen atoms in total. The molecule has 2 heterocycles. The normalized spacial score (nSPS) is 12.2. The van der Waals surface area contributed by atoms with Crippen molar-refractivity contribution >= 4 is 49.2 Å². The van der Waals surface area contributed by atoms with Crippen LogP contribution in [0.15, 0.2) is 58.6 Å². The molecule has 9 heteroatoms. The van der Waals surface area contributed by atoms with Crippen LogP contribution in [0, 0.1) is 5.82 Å². The molecule has 0 saturated carbocycles. The van der Waals surface area contributed by atoms with Gasteiger partial charge in [0.05, 0.1) is 0 Å². The van der Waals surface area contributed by atoms with Gasteiger partial charge in [-0.05, 0) is 40.2 Å². The fourth-order valence-electron chi connectivity index (χ4n) is 2.77. The van der Waals surface area contributed by atoms with Crippen molar-refractivity contribution in [3.05, 3.63) is 70.0 Å². The van der Waals surface area contributed by atoms with Crippen LogP contribution in [0.4, 0.5) is 9.52 Å². The number of nitrogens with zero attached hydrogens (tertiary/aromatic N) is 3. The molecular formula is C18H12BrFN4O2S. The lowest BCUT2D eigenvalue weighted by atomic mass is 10.0. The van der Waals surface area contributed by atoms with Gasteiger partial charge in [-0.3, -0.25) is 14.8 Å². The van der Waals surface area contributed by atoms with Crippen molar-refractivity contribution in [3.63, 3.8) is 0 Å². The molecule has 27 heavy (non-hydrogen) atoms. The summed E-state index contributed by atoms with van der Waals surface area (Å²) in [5.74, 6) is -1.25. The third-order valence-corrected chi connectivity index (χ3v) is 5.29. The van der Waals surface area contributed by atoms with Gasteiger partial charge >= 0.3 is 0 Å². The topological polar surface area (TPSA) is 80.0 Å². The number of carbonyl (C=O) groups excluding carboxylic acids is 1. The van der Waals surface area contributed by atoms with Crippen molar-refractivity contribution in [1.82, 2.24) is 14.8 Å². The summed E-state index contributed by atoms with van der Waals surface area (Å²) in [4.78, 5) is 17.0. The highest BCUT2D eigenvalue weighted by Crippen LogP contribution is 2.31. The molecule has 1 amide bonds. The minimum Gasteiger partial charge on any atom is -0.508 e. The molecule has 0 fully saturated rings. The van der Waals surface area contributed by atoms with Crippen LogP contribution in [-0.4, -0.2) is 25.8 Å². The summed E-state index contributed by atoms with van der Waals surface area (Å²) < 4.78 is 16.0. The molecule has 1 unspecified atom stereocenters. The molecule has 2 aromatic heterocycles. The highest BCUT2D eigenvalue weighted by molar-refractivity contribution is 9.10. The summed E-state index contributed by atoms with van der Waals surface area (Å²) in [6, 6.07) is 7.93. The maximum Gasteiger partial charge on any atom is 0.255 e. The van der Waals surface area contributed by atoms with E-state index < -0.39 is 17.8 Å². The van der Waals surface area contributed by atoms with Crippen molar-refractivity contribution in [3.8, 4) is 5.75 Å². The molecule has 4 aromatic rings. The average molecular weight is 447 g/mol. The van der Waals surface area contributed by atoms with Crippen LogP contribution < -0.4 is 5.32 Å². The number of nitrogens with one attached hydrogen (secondary N) is 1. The summed E-state index contributed by atoms with van der Waals surface area (Å²) in [5.41, 5.74) is 0.758. The summed E-state index contributed by atoms with van der Waals surface area (Å²) in [7, 11) is 0. The number of carbonyl (C=O) groups is 1. The van der Waals surface area contributed by atoms with E-state index in [1.54, 1.807) is 17.8 Å². The average Bonchev–Trinajstić information content (AvgIpc) is 3.28. The van der Waals surface area contributed by atoms with Gasteiger partial charge in [0, 0.05) is 33.2 Å². The van der Waals surface area contributed by atoms with Gasteiger partial charge < -0.3 is 5.11 Å². The van der Waals surface area contributed by atoms with E-state index in [0.717, 1.165) is 22.0 Å². The Bertz CT molecular complexity index is 1130. The van der Waals surface area contributed by atoms with Crippen molar-refractivity contribution in [2.75, 3.05) is 5.32 Å². The first kappa shape index (κ1) is 17.6. The molecule has 0 aliphatic rings. The van der Waals surface area contributed by atoms with Crippen LogP contribution in [0.25, 0.3) is 10.9 Å². The highest BCUT2D eigenvalue weighted by atomic mass is 79.9. The van der Waals surface area contributed by atoms with Crippen molar-refractivity contribution < 1.29 is 14.3 Å². The predicted octanol–water partition coefficient (Wildman–Crippen LogP) is 4.33. The number of thiazole rings is 1. The molecule has 0 radical (unpaired) electrons. The first-order valence-corrected chi connectivity index (χ1v) is 9.52. The van der Waals surface area contributed by atoms with Gasteiger partial charge in [-0.25, -0.2) is 9.37 Å². The lowest BCUT2D eigenvalue weighted by Crippen LogP contribution is -2.27. The Labute approximate surface area is 165 Å². The number of halogens is 2. The maximum absolute atomic E-state index is 13.8. The van der Waals surface area contributed by atoms with Gasteiger partial charge in [-0.15, -0.1) is 11.3 Å². The van der Waals surface area contributed by atoms with Crippen LogP contribution in [-0.2, 0) is 4.79 Å². The summed E-state index contributed by atoms with van der Waals surface area (Å²) in [6.07, 6.45) is 3.24. The molecule has 1 atom stereocenters. The van der Waals surface area contributed by atoms with Gasteiger partial charge in [-0.2, -0.15) is 5.10 Å². The van der Waals surface area contributed by atoms with E-state index >= 15 is 0 Å². The first-order valence-electron chi connectivity index (χ1n) is 7.85. The number of rotatable bonds is 4. The molecule has 0 saturated heterocycles. The third-order valence-electron chi connectivity index (χ3n) is 3.96. The standard InChI is InChI=1S/C18H12BrFN4O2S/c19-13-3-1-2-10-9-24(23-15(10)13)16(12-8-11(20)4-5-14(12)25)17(26)22-18-21-6-7-27-18/h1-9,16,25H,(H,21,22,26). The number of aromatic hydroxyl groups is 1. The number of fused-ring (bicyclic) bond motifs is 1. The number of aromatic nitrogens is 3. The Morgan fingerprint density at radius 3 is 2.93 bits per heavy atom. The number of hydrogen-bond donors (Lipinski definition) is 2. The van der Waals surface area contributed by atoms with E-state index in [-0.39, 0.29) is 11.3 Å². The minimum atomic E-state index is -1.08. The Hall–Kier alpha value is -2.78. The van der Waals surface area contributed by atoms with Crippen molar-refractivity contribution in [2.45, 2.75) is 6.04 Å². The predicted molar refractivity (Wildman–Crippen MR) is 104 cm³/mol. The zero-order valence-corrected chi connectivity index (χ0v) is 16.0. The molecule has 0 spiro atoms. The SMILES string of the molecule is O=C(Nc1nccs1)C(c1cc(F)ccc1O)n1cc2cccc(Br)c2n1. The molecule has 0 bridgehead atoms. The Balaban J connectivity index is 1.85. The van der Waals surface area contributed by atoms with Gasteiger partial charge in [0.2, 0.25) is 0 Å². The Morgan fingerprint density at radius 1 is 1.33 bits per heavy atom. The second-order valence-corrected chi connectivity index (χ2v) is 7.47. The number of benzene rings is 2. The largest absolute Gasteiger partial charge is 0.508 e. The molecule has 2 aromatic carbocycles. The van der Waals surface area contributed by atoms with Gasteiger partial charge in [-0.1, -0.05) is 12.1 Å². The van der Waals surface area contributed by atoms with Crippen LogP contribution in [0.2, 0.25) is 0 Å². The van der Waals surface area contributed by atoms with Gasteiger partial charge in [0.25, 0.3) is 5.91 Å². The minimum absolute atomic E-state index is 0.105. The van der Waals surface area contributed by atoms with E-state index in [1.807, 2.05) is 18.2 Å². The van der Waals surface area contributed by atoms with Crippen LogP contribution in [0.3, 0.4) is 0 Å². The number of hydrogen-bond acceptors (Lipinski definition) is 5. The van der Waals surface area contributed by atoms with Crippen molar-refractivity contribution in [1.29, 1.82) is 0 Å². The van der Waals surface area contributed by atoms with Crippen molar-refractivity contribution in [2.24, 2.45) is 0 Å². The number of phenolic OH excluding ortho intramolecular Hbond substituents is 1. The zero-order chi connectivity index (χ0) is 19.0. The zero-order valence-electron chi connectivity index (χ0n) is 13.6. The van der Waals surface area contributed by atoms with Gasteiger partial charge in [0.1, 0.15) is 17.1 Å². The monoisotopic (exact) mass is 446 g/mol. The van der Waals surface area contributed by atoms with Crippen LogP contribution in [0.1, 0.15) is 11.6 Å². The molecular weight excluding hydrogens is 435 g/mol. The quantitative estimate of drug-likeness (QED) is 0.488. The van der Waals surface area contributed by atoms with E-state index in [9.17, 15) is 14.3 Å². The second kappa shape index (κ2) is 7.09. The lowest BCUT2D eigenvalue weighted by Gasteiger charge is -2.18. The van der Waals surface area contributed by atoms with E-state index in [2.05, 4.69) is 31.3 Å². The number of phenols is 1. The molecule has 4 rings (SSSR count). The van der Waals surface area contributed by atoms with Crippen LogP contribution in [0.5, 0.6) is 5.75 Å². The molecule has 136 valence electrons. The van der Waals surface area contributed by atoms with Gasteiger partial charge in [0.15, 0.2) is 11.2 Å². The molecule has 0 aliphatic carbocycles. The number of anilines is 1. The summed E-state index contributed by atoms with van der Waals surface area (Å²) >= 11 is 4.69. The summed E-state index contributed by atoms with van der Waals surface area (Å²) in [6.45, 7) is 0. The Kier molecular flexibility index (Phi) is 4.63. The number of amides is 1. The molecule has 2 N–H and O–H groups in total. The first-order chi connectivity index (χ1) is 13.0. The Morgan fingerprint density at radius 2 is 2.19 bits per heavy atom. The fourth-order valence-corrected chi connectivity index (χ4v) is 3.76. The van der Waals surface area contributed by atoms with E-state index in [0.29, 0.717) is 10.6 Å². The second-order valence-electron chi connectivity index (χ2n) is 5.72. The van der Waals surface area contributed by atoms with E-state index in [1.165, 1.54) is 22.1 Å². The summed E-state index contributed by atoms with van der Waals surface area (Å²) in [5, 5.41) is 20.3. The van der Waals surface area contributed by atoms with E-state index in [4.69, 9.17) is 0 Å². The lowest BCUT2D eigenvalue weighted by molar-refractivity contribution is -0.118. The smallest absolute Gasteiger partial charge is 0.255 e. The van der Waals surface area contributed by atoms with Crippen LogP contribution >= 0.6 is 27.3 Å². The maximum atomic E-state index is 13.8.